The maximum atomic E-state index is 13.4. The van der Waals surface area contributed by atoms with Crippen molar-refractivity contribution in [2.75, 3.05) is 11.9 Å². The number of amides is 3. The van der Waals surface area contributed by atoms with Crippen LogP contribution in [-0.4, -0.2) is 34.7 Å². The number of imide groups is 1. The van der Waals surface area contributed by atoms with Crippen LogP contribution in [0, 0.1) is 5.82 Å². The Morgan fingerprint density at radius 3 is 2.48 bits per heavy atom. The number of aromatic hydroxyl groups is 2. The van der Waals surface area contributed by atoms with Crippen molar-refractivity contribution >= 4 is 23.6 Å². The maximum Gasteiger partial charge on any atom is 0.342 e. The van der Waals surface area contributed by atoms with E-state index in [0.717, 1.165) is 24.3 Å². The number of nitrogens with one attached hydrogen (secondary N) is 2. The molecule has 25 heavy (non-hydrogen) atoms. The van der Waals surface area contributed by atoms with Crippen molar-refractivity contribution in [3.8, 4) is 11.5 Å². The quantitative estimate of drug-likeness (QED) is 0.624. The lowest BCUT2D eigenvalue weighted by Gasteiger charge is -2.08. The van der Waals surface area contributed by atoms with Crippen LogP contribution >= 0.6 is 0 Å². The molecule has 8 nitrogen and oxygen atoms in total. The SMILES string of the molecule is O=C(COC(=O)c1ccc(O)cc1O)NC(=O)Nc1ccccc1F. The molecule has 0 aliphatic heterocycles. The molecular weight excluding hydrogens is 335 g/mol. The second-order valence-electron chi connectivity index (χ2n) is 4.76. The topological polar surface area (TPSA) is 125 Å². The summed E-state index contributed by atoms with van der Waals surface area (Å²) in [6.45, 7) is -0.802. The molecule has 2 rings (SSSR count). The third-order valence-electron chi connectivity index (χ3n) is 2.91. The summed E-state index contributed by atoms with van der Waals surface area (Å²) in [5.41, 5.74) is -0.389. The number of para-hydroxylation sites is 1. The predicted octanol–water partition coefficient (Wildman–Crippen LogP) is 1.74. The highest BCUT2D eigenvalue weighted by Gasteiger charge is 2.16. The number of urea groups is 1. The first kappa shape index (κ1) is 17.7. The van der Waals surface area contributed by atoms with Crippen LogP contribution in [0.15, 0.2) is 42.5 Å². The molecule has 0 bridgehead atoms. The fraction of sp³-hybridized carbons (Fsp3) is 0.0625. The Kier molecular flexibility index (Phi) is 5.51. The first-order valence-corrected chi connectivity index (χ1v) is 6.91. The summed E-state index contributed by atoms with van der Waals surface area (Å²) in [7, 11) is 0. The van der Waals surface area contributed by atoms with E-state index in [1.165, 1.54) is 18.2 Å². The monoisotopic (exact) mass is 348 g/mol. The van der Waals surface area contributed by atoms with E-state index in [4.69, 9.17) is 5.11 Å². The zero-order chi connectivity index (χ0) is 18.4. The van der Waals surface area contributed by atoms with E-state index in [2.05, 4.69) is 10.1 Å². The first-order chi connectivity index (χ1) is 11.9. The standard InChI is InChI=1S/C16H13FN2O6/c17-11-3-1-2-4-12(11)18-16(24)19-14(22)8-25-15(23)10-6-5-9(20)7-13(10)21/h1-7,20-21H,8H2,(H2,18,19,22,24). The summed E-state index contributed by atoms with van der Waals surface area (Å²) in [6, 6.07) is 7.54. The van der Waals surface area contributed by atoms with E-state index >= 15 is 0 Å². The Bertz CT molecular complexity index is 824. The summed E-state index contributed by atoms with van der Waals surface area (Å²) < 4.78 is 18.0. The minimum Gasteiger partial charge on any atom is -0.508 e. The number of benzene rings is 2. The molecule has 0 aliphatic rings. The molecule has 0 heterocycles. The van der Waals surface area contributed by atoms with Gasteiger partial charge in [-0.25, -0.2) is 14.0 Å². The molecule has 0 radical (unpaired) electrons. The molecule has 0 fully saturated rings. The highest BCUT2D eigenvalue weighted by Crippen LogP contribution is 2.23. The Morgan fingerprint density at radius 2 is 1.80 bits per heavy atom. The Labute approximate surface area is 140 Å². The maximum absolute atomic E-state index is 13.4. The van der Waals surface area contributed by atoms with Crippen molar-refractivity contribution in [1.29, 1.82) is 0 Å². The summed E-state index contributed by atoms with van der Waals surface area (Å²) in [5.74, 6) is -3.44. The van der Waals surface area contributed by atoms with Gasteiger partial charge in [0.05, 0.1) is 5.69 Å². The summed E-state index contributed by atoms with van der Waals surface area (Å²) in [4.78, 5) is 34.8. The molecule has 0 atom stereocenters. The molecule has 0 saturated carbocycles. The zero-order valence-corrected chi connectivity index (χ0v) is 12.7. The average molecular weight is 348 g/mol. The molecule has 0 aromatic heterocycles. The Morgan fingerprint density at radius 1 is 1.08 bits per heavy atom. The average Bonchev–Trinajstić information content (AvgIpc) is 2.54. The fourth-order valence-corrected chi connectivity index (χ4v) is 1.78. The number of hydrogen-bond donors (Lipinski definition) is 4. The number of rotatable bonds is 4. The molecule has 2 aromatic rings. The van der Waals surface area contributed by atoms with Gasteiger partial charge in [0.15, 0.2) is 6.61 Å². The number of halogens is 1. The summed E-state index contributed by atoms with van der Waals surface area (Å²) in [6.07, 6.45) is 0. The smallest absolute Gasteiger partial charge is 0.342 e. The van der Waals surface area contributed by atoms with Gasteiger partial charge in [0.25, 0.3) is 5.91 Å². The van der Waals surface area contributed by atoms with Crippen LogP contribution in [0.4, 0.5) is 14.9 Å². The van der Waals surface area contributed by atoms with E-state index in [-0.39, 0.29) is 17.0 Å². The van der Waals surface area contributed by atoms with Crippen molar-refractivity contribution in [2.24, 2.45) is 0 Å². The van der Waals surface area contributed by atoms with Gasteiger partial charge in [-0.05, 0) is 24.3 Å². The summed E-state index contributed by atoms with van der Waals surface area (Å²) in [5, 5.41) is 22.6. The van der Waals surface area contributed by atoms with Gasteiger partial charge < -0.3 is 20.3 Å². The lowest BCUT2D eigenvalue weighted by molar-refractivity contribution is -0.123. The second kappa shape index (κ2) is 7.77. The van der Waals surface area contributed by atoms with Gasteiger partial charge in [0.2, 0.25) is 0 Å². The number of carbonyl (C=O) groups excluding carboxylic acids is 3. The van der Waals surface area contributed by atoms with Crippen LogP contribution in [0.2, 0.25) is 0 Å². The molecule has 4 N–H and O–H groups in total. The number of ether oxygens (including phenoxy) is 1. The van der Waals surface area contributed by atoms with E-state index in [0.29, 0.717) is 0 Å². The zero-order valence-electron chi connectivity index (χ0n) is 12.7. The van der Waals surface area contributed by atoms with Gasteiger partial charge in [-0.15, -0.1) is 0 Å². The number of phenolic OH excluding ortho intramolecular Hbond substituents is 2. The number of carbonyl (C=O) groups is 3. The third kappa shape index (κ3) is 4.93. The van der Waals surface area contributed by atoms with E-state index in [9.17, 15) is 23.9 Å². The van der Waals surface area contributed by atoms with Crippen LogP contribution < -0.4 is 10.6 Å². The number of phenols is 2. The Balaban J connectivity index is 1.85. The number of anilines is 1. The summed E-state index contributed by atoms with van der Waals surface area (Å²) >= 11 is 0. The van der Waals surface area contributed by atoms with E-state index in [1.807, 2.05) is 5.32 Å². The van der Waals surface area contributed by atoms with Crippen molar-refractivity contribution in [3.05, 3.63) is 53.8 Å². The fourth-order valence-electron chi connectivity index (χ4n) is 1.78. The molecule has 0 aliphatic carbocycles. The van der Waals surface area contributed by atoms with Gasteiger partial charge in [0.1, 0.15) is 22.9 Å². The van der Waals surface area contributed by atoms with Gasteiger partial charge in [-0.2, -0.15) is 0 Å². The third-order valence-corrected chi connectivity index (χ3v) is 2.91. The van der Waals surface area contributed by atoms with Gasteiger partial charge in [-0.1, -0.05) is 12.1 Å². The highest BCUT2D eigenvalue weighted by molar-refractivity contribution is 6.02. The number of hydrogen-bond acceptors (Lipinski definition) is 6. The van der Waals surface area contributed by atoms with E-state index in [1.54, 1.807) is 0 Å². The van der Waals surface area contributed by atoms with Gasteiger partial charge in [-0.3, -0.25) is 10.1 Å². The predicted molar refractivity (Wildman–Crippen MR) is 83.6 cm³/mol. The van der Waals surface area contributed by atoms with Gasteiger partial charge in [0, 0.05) is 6.07 Å². The molecule has 130 valence electrons. The molecule has 0 spiro atoms. The normalized spacial score (nSPS) is 9.96. The van der Waals surface area contributed by atoms with Crippen LogP contribution in [0.5, 0.6) is 11.5 Å². The van der Waals surface area contributed by atoms with Crippen LogP contribution in [0.1, 0.15) is 10.4 Å². The van der Waals surface area contributed by atoms with Gasteiger partial charge >= 0.3 is 12.0 Å². The molecule has 0 unspecified atom stereocenters. The Hall–Kier alpha value is -3.62. The first-order valence-electron chi connectivity index (χ1n) is 6.91. The molecule has 9 heteroatoms. The molecule has 0 saturated heterocycles. The highest BCUT2D eigenvalue weighted by atomic mass is 19.1. The lowest BCUT2D eigenvalue weighted by atomic mass is 10.2. The second-order valence-corrected chi connectivity index (χ2v) is 4.76. The molecule has 2 aromatic carbocycles. The molecular formula is C16H13FN2O6. The number of esters is 1. The van der Waals surface area contributed by atoms with Crippen LogP contribution in [-0.2, 0) is 9.53 Å². The largest absolute Gasteiger partial charge is 0.508 e. The van der Waals surface area contributed by atoms with Crippen LogP contribution in [0.3, 0.4) is 0 Å². The van der Waals surface area contributed by atoms with Crippen LogP contribution in [0.25, 0.3) is 0 Å². The van der Waals surface area contributed by atoms with E-state index < -0.39 is 36.1 Å². The van der Waals surface area contributed by atoms with Crippen molar-refractivity contribution < 1.29 is 33.7 Å². The van der Waals surface area contributed by atoms with Crippen molar-refractivity contribution in [3.63, 3.8) is 0 Å². The lowest BCUT2D eigenvalue weighted by Crippen LogP contribution is -2.37. The van der Waals surface area contributed by atoms with Crippen molar-refractivity contribution in [2.45, 2.75) is 0 Å². The minimum atomic E-state index is -1.03. The minimum absolute atomic E-state index is 0.126. The van der Waals surface area contributed by atoms with Crippen molar-refractivity contribution in [1.82, 2.24) is 5.32 Å². The molecule has 3 amide bonds.